The molecule has 0 fully saturated rings. The molecule has 0 aliphatic carbocycles. The van der Waals surface area contributed by atoms with E-state index in [1.54, 1.807) is 23.4 Å². The van der Waals surface area contributed by atoms with E-state index in [0.29, 0.717) is 31.6 Å². The highest BCUT2D eigenvalue weighted by molar-refractivity contribution is 7.98. The first-order chi connectivity index (χ1) is 21.2. The van der Waals surface area contributed by atoms with Crippen LogP contribution in [0.3, 0.4) is 0 Å². The largest absolute Gasteiger partial charge is 0.426 e. The molecular formula is C32H58N6O6S. The second kappa shape index (κ2) is 21.1. The van der Waals surface area contributed by atoms with E-state index in [0.717, 1.165) is 24.2 Å². The standard InChI is InChI=1S/C32H58N6O6S/c1-10-11-13-33-30(41)27(16-21(4)5)35-29(40)22(6)17-28(39)26(15-20(2)3)34-31(42)25(12-14-45-9)36-32(43)44-19-38-24(8)18-23(7)37-38/h18,20-22,25-28,39H,10-17,19H2,1-9H3,(H,33,41)(H,34,42)(H,35,40)(H,36,43)/t22-,25+,26+,27+,28+/m1/s1. The number of unbranched alkanes of at least 4 members (excludes halogenated alkanes) is 1. The topological polar surface area (TPSA) is 164 Å². The summed E-state index contributed by atoms with van der Waals surface area (Å²) in [6.45, 7) is 15.9. The molecule has 258 valence electrons. The van der Waals surface area contributed by atoms with Gasteiger partial charge in [-0.1, -0.05) is 48.0 Å². The van der Waals surface area contributed by atoms with Gasteiger partial charge < -0.3 is 31.1 Å². The third-order valence-electron chi connectivity index (χ3n) is 7.37. The zero-order valence-electron chi connectivity index (χ0n) is 28.8. The Labute approximate surface area is 273 Å². The lowest BCUT2D eigenvalue weighted by molar-refractivity contribution is -0.132. The summed E-state index contributed by atoms with van der Waals surface area (Å²) >= 11 is 1.54. The van der Waals surface area contributed by atoms with E-state index in [2.05, 4.69) is 26.4 Å². The molecule has 12 nitrogen and oxygen atoms in total. The summed E-state index contributed by atoms with van der Waals surface area (Å²) in [5.41, 5.74) is 1.65. The number of carbonyl (C=O) groups excluding carboxylic acids is 4. The van der Waals surface area contributed by atoms with Crippen LogP contribution in [0.2, 0.25) is 0 Å². The average Bonchev–Trinajstić information content (AvgIpc) is 3.28. The summed E-state index contributed by atoms with van der Waals surface area (Å²) in [5.74, 6) is -0.630. The van der Waals surface area contributed by atoms with Crippen molar-refractivity contribution >= 4 is 35.6 Å². The van der Waals surface area contributed by atoms with Crippen molar-refractivity contribution in [3.05, 3.63) is 17.5 Å². The van der Waals surface area contributed by atoms with Crippen LogP contribution < -0.4 is 21.3 Å². The smallest absolute Gasteiger partial charge is 0.409 e. The predicted octanol–water partition coefficient (Wildman–Crippen LogP) is 3.67. The van der Waals surface area contributed by atoms with Crippen LogP contribution in [0.5, 0.6) is 0 Å². The van der Waals surface area contributed by atoms with Gasteiger partial charge in [-0.2, -0.15) is 16.9 Å². The molecule has 0 spiro atoms. The van der Waals surface area contributed by atoms with Crippen LogP contribution in [-0.4, -0.2) is 81.5 Å². The molecule has 0 saturated carbocycles. The highest BCUT2D eigenvalue weighted by Gasteiger charge is 2.31. The van der Waals surface area contributed by atoms with Crippen molar-refractivity contribution < 1.29 is 29.0 Å². The van der Waals surface area contributed by atoms with Crippen molar-refractivity contribution in [1.82, 2.24) is 31.0 Å². The Bertz CT molecular complexity index is 1060. The van der Waals surface area contributed by atoms with Crippen LogP contribution in [0.4, 0.5) is 4.79 Å². The molecule has 0 aliphatic heterocycles. The van der Waals surface area contributed by atoms with Crippen molar-refractivity contribution in [3.63, 3.8) is 0 Å². The van der Waals surface area contributed by atoms with Crippen LogP contribution >= 0.6 is 11.8 Å². The maximum absolute atomic E-state index is 13.4. The third-order valence-corrected chi connectivity index (χ3v) is 8.01. The fourth-order valence-electron chi connectivity index (χ4n) is 4.88. The molecule has 0 radical (unpaired) electrons. The number of rotatable bonds is 21. The van der Waals surface area contributed by atoms with Gasteiger partial charge in [0.05, 0.1) is 17.8 Å². The first-order valence-electron chi connectivity index (χ1n) is 16.2. The van der Waals surface area contributed by atoms with Gasteiger partial charge >= 0.3 is 6.09 Å². The molecule has 4 amide bonds. The number of alkyl carbamates (subject to hydrolysis) is 1. The molecule has 1 rings (SSSR count). The number of carbonyl (C=O) groups is 4. The zero-order valence-corrected chi connectivity index (χ0v) is 29.6. The Hall–Kier alpha value is -2.80. The molecule has 0 aromatic carbocycles. The Morgan fingerprint density at radius 3 is 2.16 bits per heavy atom. The van der Waals surface area contributed by atoms with Crippen molar-refractivity contribution in [2.75, 3.05) is 18.6 Å². The van der Waals surface area contributed by atoms with Gasteiger partial charge in [0, 0.05) is 18.2 Å². The molecule has 45 heavy (non-hydrogen) atoms. The monoisotopic (exact) mass is 654 g/mol. The second-order valence-electron chi connectivity index (χ2n) is 12.7. The van der Waals surface area contributed by atoms with Gasteiger partial charge in [0.2, 0.25) is 17.7 Å². The number of aromatic nitrogens is 2. The third kappa shape index (κ3) is 15.9. The normalized spacial score (nSPS) is 14.8. The van der Waals surface area contributed by atoms with Crippen LogP contribution in [-0.2, 0) is 25.9 Å². The highest BCUT2D eigenvalue weighted by Crippen LogP contribution is 2.17. The van der Waals surface area contributed by atoms with Crippen LogP contribution in [0.1, 0.15) is 91.5 Å². The maximum atomic E-state index is 13.4. The van der Waals surface area contributed by atoms with Crippen molar-refractivity contribution in [2.45, 2.75) is 125 Å². The summed E-state index contributed by atoms with van der Waals surface area (Å²) in [6, 6.07) is -0.322. The van der Waals surface area contributed by atoms with E-state index in [1.807, 2.05) is 60.8 Å². The predicted molar refractivity (Wildman–Crippen MR) is 179 cm³/mol. The number of thioether (sulfide) groups is 1. The van der Waals surface area contributed by atoms with Gasteiger partial charge in [-0.25, -0.2) is 9.48 Å². The number of nitrogens with zero attached hydrogens (tertiary/aromatic N) is 2. The minimum absolute atomic E-state index is 0.0862. The van der Waals surface area contributed by atoms with E-state index in [1.165, 1.54) is 0 Å². The van der Waals surface area contributed by atoms with E-state index >= 15 is 0 Å². The van der Waals surface area contributed by atoms with E-state index < -0.39 is 42.1 Å². The fraction of sp³-hybridized carbons (Fsp3) is 0.781. The lowest BCUT2D eigenvalue weighted by Gasteiger charge is -2.30. The van der Waals surface area contributed by atoms with Crippen molar-refractivity contribution in [2.24, 2.45) is 17.8 Å². The van der Waals surface area contributed by atoms with Crippen LogP contribution in [0.15, 0.2) is 6.07 Å². The number of nitrogens with one attached hydrogen (secondary N) is 4. The van der Waals surface area contributed by atoms with Gasteiger partial charge in [-0.3, -0.25) is 14.4 Å². The van der Waals surface area contributed by atoms with Gasteiger partial charge in [0.25, 0.3) is 0 Å². The molecule has 0 unspecified atom stereocenters. The molecule has 13 heteroatoms. The Morgan fingerprint density at radius 1 is 0.933 bits per heavy atom. The molecule has 5 N–H and O–H groups in total. The van der Waals surface area contributed by atoms with Crippen LogP contribution in [0.25, 0.3) is 0 Å². The first kappa shape index (κ1) is 40.2. The number of aliphatic hydroxyl groups is 1. The minimum atomic E-state index is -1.03. The maximum Gasteiger partial charge on any atom is 0.409 e. The number of amides is 4. The van der Waals surface area contributed by atoms with Crippen LogP contribution in [0, 0.1) is 31.6 Å². The van der Waals surface area contributed by atoms with Gasteiger partial charge in [-0.15, -0.1) is 0 Å². The first-order valence-corrected chi connectivity index (χ1v) is 17.6. The lowest BCUT2D eigenvalue weighted by atomic mass is 9.91. The zero-order chi connectivity index (χ0) is 34.1. The second-order valence-corrected chi connectivity index (χ2v) is 13.7. The van der Waals surface area contributed by atoms with E-state index in [9.17, 15) is 24.3 Å². The minimum Gasteiger partial charge on any atom is -0.426 e. The summed E-state index contributed by atoms with van der Waals surface area (Å²) in [5, 5.41) is 26.9. The van der Waals surface area contributed by atoms with Crippen molar-refractivity contribution in [3.8, 4) is 0 Å². The summed E-state index contributed by atoms with van der Waals surface area (Å²) in [7, 11) is 0. The SMILES string of the molecule is CCCCNC(=O)[C@H](CC(C)C)NC(=O)[C@H](C)C[C@H](O)[C@H](CC(C)C)NC(=O)[C@H](CCSC)NC(=O)OCn1nc(C)cc1C. The molecule has 0 bridgehead atoms. The molecule has 1 aromatic heterocycles. The Kier molecular flexibility index (Phi) is 18.8. The molecule has 0 aliphatic rings. The summed E-state index contributed by atoms with van der Waals surface area (Å²) < 4.78 is 6.88. The molecular weight excluding hydrogens is 596 g/mol. The summed E-state index contributed by atoms with van der Waals surface area (Å²) in [4.78, 5) is 52.0. The van der Waals surface area contributed by atoms with E-state index in [4.69, 9.17) is 4.74 Å². The molecule has 5 atom stereocenters. The van der Waals surface area contributed by atoms with Gasteiger partial charge in [0.15, 0.2) is 6.73 Å². The lowest BCUT2D eigenvalue weighted by Crippen LogP contribution is -2.54. The van der Waals surface area contributed by atoms with Crippen molar-refractivity contribution in [1.29, 1.82) is 0 Å². The average molecular weight is 655 g/mol. The number of aryl methyl sites for hydroxylation is 2. The molecule has 1 aromatic rings. The number of ether oxygens (including phenoxy) is 1. The van der Waals surface area contributed by atoms with Gasteiger partial charge in [-0.05, 0) is 75.9 Å². The molecule has 1 heterocycles. The van der Waals surface area contributed by atoms with Gasteiger partial charge in [0.1, 0.15) is 12.1 Å². The molecule has 0 saturated heterocycles. The summed E-state index contributed by atoms with van der Waals surface area (Å²) in [6.07, 6.45) is 3.37. The quantitative estimate of drug-likeness (QED) is 0.125. The Balaban J connectivity index is 2.89. The van der Waals surface area contributed by atoms with E-state index in [-0.39, 0.29) is 36.8 Å². The number of hydrogen-bond acceptors (Lipinski definition) is 8. The number of aliphatic hydroxyl groups excluding tert-OH is 1. The number of hydrogen-bond donors (Lipinski definition) is 5. The highest BCUT2D eigenvalue weighted by atomic mass is 32.2. The fourth-order valence-corrected chi connectivity index (χ4v) is 5.35. The Morgan fingerprint density at radius 2 is 1.60 bits per heavy atom.